The van der Waals surface area contributed by atoms with Crippen molar-refractivity contribution in [3.63, 3.8) is 0 Å². The zero-order valence-corrected chi connectivity index (χ0v) is 5.99. The molecule has 0 aliphatic carbocycles. The molecule has 0 aromatic carbocycles. The van der Waals surface area contributed by atoms with Gasteiger partial charge in [0.25, 0.3) is 0 Å². The number of hydrazine groups is 1. The highest BCUT2D eigenvalue weighted by Crippen LogP contribution is 1.82. The van der Waals surface area contributed by atoms with Gasteiger partial charge in [-0.05, 0) is 13.8 Å². The van der Waals surface area contributed by atoms with Crippen LogP contribution in [-0.2, 0) is 4.79 Å². The van der Waals surface area contributed by atoms with Crippen molar-refractivity contribution in [2.45, 2.75) is 13.8 Å². The second-order valence-corrected chi connectivity index (χ2v) is 1.81. The highest BCUT2D eigenvalue weighted by molar-refractivity contribution is 5.87. The molecule has 0 amide bonds. The number of hydrogen-bond donors (Lipinski definition) is 2. The van der Waals surface area contributed by atoms with Crippen LogP contribution in [0.5, 0.6) is 0 Å². The summed E-state index contributed by atoms with van der Waals surface area (Å²) in [5, 5.41) is 0. The third-order valence-electron chi connectivity index (χ3n) is 0.742. The number of carbonyl (C=O) groups is 1. The van der Waals surface area contributed by atoms with Gasteiger partial charge in [0.2, 0.25) is 0 Å². The van der Waals surface area contributed by atoms with Gasteiger partial charge in [-0.1, -0.05) is 0 Å². The van der Waals surface area contributed by atoms with E-state index in [0.717, 1.165) is 5.70 Å². The zero-order chi connectivity index (χ0) is 7.28. The molecule has 0 aliphatic heterocycles. The Labute approximate surface area is 55.1 Å². The summed E-state index contributed by atoms with van der Waals surface area (Å²) in [4.78, 5) is 10.4. The molecule has 9 heavy (non-hydrogen) atoms. The van der Waals surface area contributed by atoms with E-state index in [2.05, 4.69) is 10.9 Å². The monoisotopic (exact) mass is 128 g/mol. The van der Waals surface area contributed by atoms with Gasteiger partial charge in [-0.25, -0.2) is 5.43 Å². The van der Waals surface area contributed by atoms with E-state index in [9.17, 15) is 4.79 Å². The van der Waals surface area contributed by atoms with Gasteiger partial charge in [0.1, 0.15) is 0 Å². The minimum atomic E-state index is 0.0512. The van der Waals surface area contributed by atoms with Crippen molar-refractivity contribution in [2.75, 3.05) is 7.05 Å². The van der Waals surface area contributed by atoms with Crippen molar-refractivity contribution in [3.05, 3.63) is 11.8 Å². The van der Waals surface area contributed by atoms with Crippen molar-refractivity contribution in [2.24, 2.45) is 0 Å². The van der Waals surface area contributed by atoms with Crippen LogP contribution in [0.4, 0.5) is 0 Å². The average Bonchev–Trinajstić information content (AvgIpc) is 1.63. The van der Waals surface area contributed by atoms with E-state index >= 15 is 0 Å². The summed E-state index contributed by atoms with van der Waals surface area (Å²) in [5.74, 6) is 0.0512. The van der Waals surface area contributed by atoms with E-state index in [1.807, 2.05) is 6.92 Å². The summed E-state index contributed by atoms with van der Waals surface area (Å²) in [6.07, 6.45) is 1.52. The van der Waals surface area contributed by atoms with Crippen LogP contribution in [0.25, 0.3) is 0 Å². The van der Waals surface area contributed by atoms with Crippen molar-refractivity contribution in [1.29, 1.82) is 0 Å². The minimum absolute atomic E-state index is 0.0512. The van der Waals surface area contributed by atoms with E-state index in [1.165, 1.54) is 13.0 Å². The minimum Gasteiger partial charge on any atom is -0.326 e. The van der Waals surface area contributed by atoms with E-state index in [4.69, 9.17) is 0 Å². The Balaban J connectivity index is 3.69. The Morgan fingerprint density at radius 2 is 2.00 bits per heavy atom. The highest BCUT2D eigenvalue weighted by atomic mass is 16.1. The molecule has 0 aliphatic rings. The van der Waals surface area contributed by atoms with Gasteiger partial charge in [0, 0.05) is 18.8 Å². The van der Waals surface area contributed by atoms with Crippen molar-refractivity contribution < 1.29 is 4.79 Å². The number of ketones is 1. The first kappa shape index (κ1) is 8.17. The maximum absolute atomic E-state index is 10.4. The Hall–Kier alpha value is -0.830. The third-order valence-corrected chi connectivity index (χ3v) is 0.742. The molecule has 0 aromatic rings. The molecular formula is C6H12N2O. The second kappa shape index (κ2) is 4.09. The first-order valence-corrected chi connectivity index (χ1v) is 2.78. The van der Waals surface area contributed by atoms with Crippen LogP contribution in [-0.4, -0.2) is 12.8 Å². The van der Waals surface area contributed by atoms with Gasteiger partial charge >= 0.3 is 0 Å². The maximum atomic E-state index is 10.4. The molecule has 0 spiro atoms. The smallest absolute Gasteiger partial charge is 0.154 e. The predicted octanol–water partition coefficient (Wildman–Crippen LogP) is 0.203. The fourth-order valence-corrected chi connectivity index (χ4v) is 0.538. The molecule has 3 nitrogen and oxygen atoms in total. The number of nitrogens with one attached hydrogen (secondary N) is 2. The Morgan fingerprint density at radius 1 is 1.44 bits per heavy atom. The lowest BCUT2D eigenvalue weighted by Gasteiger charge is -2.00. The molecule has 0 bridgehead atoms. The van der Waals surface area contributed by atoms with Gasteiger partial charge in [0.15, 0.2) is 5.78 Å². The first-order valence-electron chi connectivity index (χ1n) is 2.78. The van der Waals surface area contributed by atoms with Crippen LogP contribution in [0, 0.1) is 0 Å². The number of hydrogen-bond acceptors (Lipinski definition) is 3. The molecule has 3 heteroatoms. The molecule has 0 saturated carbocycles. The van der Waals surface area contributed by atoms with Crippen LogP contribution in [0.1, 0.15) is 13.8 Å². The summed E-state index contributed by atoms with van der Waals surface area (Å²) in [7, 11) is 1.75. The van der Waals surface area contributed by atoms with E-state index in [1.54, 1.807) is 7.05 Å². The summed E-state index contributed by atoms with van der Waals surface area (Å²) in [5.41, 5.74) is 6.29. The predicted molar refractivity (Wildman–Crippen MR) is 36.6 cm³/mol. The quantitative estimate of drug-likeness (QED) is 0.421. The largest absolute Gasteiger partial charge is 0.326 e. The van der Waals surface area contributed by atoms with Crippen molar-refractivity contribution >= 4 is 5.78 Å². The lowest BCUT2D eigenvalue weighted by Crippen LogP contribution is -2.25. The molecule has 0 aromatic heterocycles. The topological polar surface area (TPSA) is 41.1 Å². The standard InChI is InChI=1S/C6H12N2O/c1-5(8-7-3)4-6(2)9/h4,7-8H,1-3H3. The molecule has 0 atom stereocenters. The molecule has 0 radical (unpaired) electrons. The molecular weight excluding hydrogens is 116 g/mol. The van der Waals surface area contributed by atoms with E-state index < -0.39 is 0 Å². The van der Waals surface area contributed by atoms with Gasteiger partial charge < -0.3 is 5.43 Å². The molecule has 0 saturated heterocycles. The summed E-state index contributed by atoms with van der Waals surface area (Å²) in [6.45, 7) is 3.33. The van der Waals surface area contributed by atoms with Crippen LogP contribution in [0.3, 0.4) is 0 Å². The molecule has 0 rings (SSSR count). The first-order chi connectivity index (χ1) is 4.16. The lowest BCUT2D eigenvalue weighted by atomic mass is 10.3. The SMILES string of the molecule is CNNC(C)=CC(C)=O. The zero-order valence-electron chi connectivity index (χ0n) is 5.99. The second-order valence-electron chi connectivity index (χ2n) is 1.81. The molecule has 2 N–H and O–H groups in total. The highest BCUT2D eigenvalue weighted by Gasteiger charge is 1.86. The van der Waals surface area contributed by atoms with Crippen molar-refractivity contribution in [3.8, 4) is 0 Å². The Morgan fingerprint density at radius 3 is 2.33 bits per heavy atom. The average molecular weight is 128 g/mol. The van der Waals surface area contributed by atoms with Crippen LogP contribution in [0.2, 0.25) is 0 Å². The normalized spacial score (nSPS) is 11.2. The molecule has 52 valence electrons. The van der Waals surface area contributed by atoms with E-state index in [0.29, 0.717) is 0 Å². The summed E-state index contributed by atoms with van der Waals surface area (Å²) < 4.78 is 0. The van der Waals surface area contributed by atoms with Gasteiger partial charge in [0.05, 0.1) is 0 Å². The van der Waals surface area contributed by atoms with Crippen LogP contribution >= 0.6 is 0 Å². The third kappa shape index (κ3) is 5.03. The lowest BCUT2D eigenvalue weighted by molar-refractivity contribution is -0.112. The molecule has 0 heterocycles. The molecule has 0 unspecified atom stereocenters. The van der Waals surface area contributed by atoms with E-state index in [-0.39, 0.29) is 5.78 Å². The van der Waals surface area contributed by atoms with Crippen molar-refractivity contribution in [1.82, 2.24) is 10.9 Å². The van der Waals surface area contributed by atoms with Gasteiger partial charge in [-0.3, -0.25) is 4.79 Å². The van der Waals surface area contributed by atoms with Crippen LogP contribution < -0.4 is 10.9 Å². The summed E-state index contributed by atoms with van der Waals surface area (Å²) in [6, 6.07) is 0. The fourth-order valence-electron chi connectivity index (χ4n) is 0.538. The number of allylic oxidation sites excluding steroid dienone is 2. The summed E-state index contributed by atoms with van der Waals surface area (Å²) >= 11 is 0. The van der Waals surface area contributed by atoms with Gasteiger partial charge in [-0.2, -0.15) is 0 Å². The number of carbonyl (C=O) groups excluding carboxylic acids is 1. The fraction of sp³-hybridized carbons (Fsp3) is 0.500. The number of rotatable bonds is 3. The Kier molecular flexibility index (Phi) is 3.71. The molecule has 0 fully saturated rings. The Bertz CT molecular complexity index is 129. The van der Waals surface area contributed by atoms with Crippen LogP contribution in [0.15, 0.2) is 11.8 Å². The van der Waals surface area contributed by atoms with Gasteiger partial charge in [-0.15, -0.1) is 0 Å². The maximum Gasteiger partial charge on any atom is 0.154 e.